The van der Waals surface area contributed by atoms with Crippen molar-refractivity contribution in [3.05, 3.63) is 34.9 Å². The average Bonchev–Trinajstić information content (AvgIpc) is 2.13. The number of aliphatic imine (C=N–C) groups is 1. The molecule has 72 valence electrons. The number of nitrogens with zero attached hydrogens (tertiary/aromatic N) is 1. The predicted octanol–water partition coefficient (Wildman–Crippen LogP) is 3.06. The molecule has 0 spiro atoms. The van der Waals surface area contributed by atoms with Crippen molar-refractivity contribution in [2.45, 2.75) is 24.8 Å². The van der Waals surface area contributed by atoms with Crippen molar-refractivity contribution in [2.24, 2.45) is 4.99 Å². The van der Waals surface area contributed by atoms with Crippen molar-refractivity contribution in [1.82, 2.24) is 0 Å². The minimum atomic E-state index is -0.375. The molecule has 1 aromatic carbocycles. The third-order valence-electron chi connectivity index (χ3n) is 2.82. The zero-order chi connectivity index (χ0) is 10.0. The number of benzene rings is 1. The second-order valence-corrected chi connectivity index (χ2v) is 3.98. The molecule has 0 aliphatic heterocycles. The van der Waals surface area contributed by atoms with E-state index in [1.54, 1.807) is 6.08 Å². The lowest BCUT2D eigenvalue weighted by atomic mass is 9.72. The molecule has 2 rings (SSSR count). The molecule has 0 amide bonds. The Balaban J connectivity index is 2.46. The van der Waals surface area contributed by atoms with Gasteiger partial charge < -0.3 is 0 Å². The molecule has 0 unspecified atom stereocenters. The zero-order valence-corrected chi connectivity index (χ0v) is 8.42. The van der Waals surface area contributed by atoms with Crippen LogP contribution in [0.25, 0.3) is 0 Å². The number of halogens is 1. The molecule has 14 heavy (non-hydrogen) atoms. The molecule has 3 heteroatoms. The molecule has 0 saturated heterocycles. The van der Waals surface area contributed by atoms with Crippen LogP contribution in [0.1, 0.15) is 24.8 Å². The Labute approximate surface area is 87.6 Å². The maximum atomic E-state index is 10.4. The van der Waals surface area contributed by atoms with Crippen molar-refractivity contribution in [3.8, 4) is 0 Å². The van der Waals surface area contributed by atoms with Crippen molar-refractivity contribution < 1.29 is 4.79 Å². The van der Waals surface area contributed by atoms with Crippen LogP contribution in [-0.4, -0.2) is 6.08 Å². The molecule has 2 nitrogen and oxygen atoms in total. The molecule has 0 atom stereocenters. The van der Waals surface area contributed by atoms with E-state index in [1.807, 2.05) is 24.3 Å². The zero-order valence-electron chi connectivity index (χ0n) is 7.66. The molecular weight excluding hydrogens is 198 g/mol. The van der Waals surface area contributed by atoms with Gasteiger partial charge in [-0.15, -0.1) is 0 Å². The van der Waals surface area contributed by atoms with E-state index in [2.05, 4.69) is 4.99 Å². The highest BCUT2D eigenvalue weighted by atomic mass is 35.5. The monoisotopic (exact) mass is 207 g/mol. The first kappa shape index (κ1) is 9.45. The highest BCUT2D eigenvalue weighted by molar-refractivity contribution is 6.31. The number of hydrogen-bond donors (Lipinski definition) is 0. The minimum Gasteiger partial charge on any atom is -0.211 e. The Morgan fingerprint density at radius 1 is 1.36 bits per heavy atom. The predicted molar refractivity (Wildman–Crippen MR) is 55.1 cm³/mol. The standard InChI is InChI=1S/C11H10ClNO/c12-10-5-2-1-4-9(10)11(13-8-14)6-3-7-11/h1-2,4-5H,3,6-7H2. The van der Waals surface area contributed by atoms with Gasteiger partial charge in [0, 0.05) is 5.02 Å². The van der Waals surface area contributed by atoms with Gasteiger partial charge in [-0.3, -0.25) is 0 Å². The number of rotatable bonds is 2. The molecule has 0 aromatic heterocycles. The molecule has 0 radical (unpaired) electrons. The third-order valence-corrected chi connectivity index (χ3v) is 3.15. The normalized spacial score (nSPS) is 18.1. The van der Waals surface area contributed by atoms with Crippen LogP contribution in [0.15, 0.2) is 29.3 Å². The van der Waals surface area contributed by atoms with E-state index in [0.717, 1.165) is 24.8 Å². The first-order chi connectivity index (χ1) is 6.78. The summed E-state index contributed by atoms with van der Waals surface area (Å²) in [6.45, 7) is 0. The molecule has 0 heterocycles. The number of isocyanates is 1. The molecule has 0 N–H and O–H groups in total. The first-order valence-corrected chi connectivity index (χ1v) is 5.00. The van der Waals surface area contributed by atoms with Crippen LogP contribution in [-0.2, 0) is 10.3 Å². The quantitative estimate of drug-likeness (QED) is 0.542. The summed E-state index contributed by atoms with van der Waals surface area (Å²) in [6.07, 6.45) is 4.54. The highest BCUT2D eigenvalue weighted by Gasteiger charge is 2.40. The minimum absolute atomic E-state index is 0.375. The highest BCUT2D eigenvalue weighted by Crippen LogP contribution is 2.46. The Bertz CT molecular complexity index is 392. The molecule has 1 aliphatic rings. The molecule has 1 fully saturated rings. The summed E-state index contributed by atoms with van der Waals surface area (Å²) in [7, 11) is 0. The molecule has 1 aromatic rings. The summed E-state index contributed by atoms with van der Waals surface area (Å²) < 4.78 is 0. The SMILES string of the molecule is O=C=NC1(c2ccccc2Cl)CCC1. The summed E-state index contributed by atoms with van der Waals surface area (Å²) in [5.41, 5.74) is 0.580. The maximum Gasteiger partial charge on any atom is 0.235 e. The first-order valence-electron chi connectivity index (χ1n) is 4.62. The lowest BCUT2D eigenvalue weighted by Gasteiger charge is -2.37. The van der Waals surface area contributed by atoms with E-state index in [1.165, 1.54) is 0 Å². The van der Waals surface area contributed by atoms with Crippen LogP contribution in [0.2, 0.25) is 5.02 Å². The van der Waals surface area contributed by atoms with E-state index < -0.39 is 0 Å². The summed E-state index contributed by atoms with van der Waals surface area (Å²) in [5, 5.41) is 0.686. The van der Waals surface area contributed by atoms with Gasteiger partial charge in [0.05, 0.1) is 5.54 Å². The summed E-state index contributed by atoms with van der Waals surface area (Å²) >= 11 is 6.07. The van der Waals surface area contributed by atoms with Crippen LogP contribution in [0, 0.1) is 0 Å². The summed E-state index contributed by atoms with van der Waals surface area (Å²) in [4.78, 5) is 14.3. The second kappa shape index (κ2) is 3.56. The lowest BCUT2D eigenvalue weighted by Crippen LogP contribution is -2.32. The fraction of sp³-hybridized carbons (Fsp3) is 0.364. The van der Waals surface area contributed by atoms with E-state index in [-0.39, 0.29) is 5.54 Å². The van der Waals surface area contributed by atoms with E-state index >= 15 is 0 Å². The fourth-order valence-electron chi connectivity index (χ4n) is 1.88. The largest absolute Gasteiger partial charge is 0.235 e. The van der Waals surface area contributed by atoms with Crippen molar-refractivity contribution in [3.63, 3.8) is 0 Å². The molecule has 1 aliphatic carbocycles. The molecule has 1 saturated carbocycles. The Kier molecular flexibility index (Phi) is 2.40. The van der Waals surface area contributed by atoms with E-state index in [0.29, 0.717) is 5.02 Å². The fourth-order valence-corrected chi connectivity index (χ4v) is 2.19. The third kappa shape index (κ3) is 1.37. The Morgan fingerprint density at radius 2 is 2.07 bits per heavy atom. The van der Waals surface area contributed by atoms with Gasteiger partial charge in [-0.2, -0.15) is 4.99 Å². The topological polar surface area (TPSA) is 29.4 Å². The van der Waals surface area contributed by atoms with Gasteiger partial charge in [0.25, 0.3) is 0 Å². The smallest absolute Gasteiger partial charge is 0.211 e. The number of hydrogen-bond acceptors (Lipinski definition) is 2. The Morgan fingerprint density at radius 3 is 2.57 bits per heavy atom. The van der Waals surface area contributed by atoms with Crippen LogP contribution < -0.4 is 0 Å². The van der Waals surface area contributed by atoms with Crippen molar-refractivity contribution in [2.75, 3.05) is 0 Å². The van der Waals surface area contributed by atoms with E-state index in [9.17, 15) is 4.79 Å². The van der Waals surface area contributed by atoms with Gasteiger partial charge in [-0.25, -0.2) is 4.79 Å². The average molecular weight is 208 g/mol. The van der Waals surface area contributed by atoms with Crippen molar-refractivity contribution in [1.29, 1.82) is 0 Å². The second-order valence-electron chi connectivity index (χ2n) is 3.57. The number of carbonyl (C=O) groups excluding carboxylic acids is 1. The van der Waals surface area contributed by atoms with E-state index in [4.69, 9.17) is 11.6 Å². The van der Waals surface area contributed by atoms with Crippen LogP contribution in [0.3, 0.4) is 0 Å². The van der Waals surface area contributed by atoms with Gasteiger partial charge >= 0.3 is 0 Å². The molecular formula is C11H10ClNO. The van der Waals surface area contributed by atoms with Gasteiger partial charge in [0.15, 0.2) is 0 Å². The van der Waals surface area contributed by atoms with Gasteiger partial charge in [-0.1, -0.05) is 29.8 Å². The van der Waals surface area contributed by atoms with Crippen molar-refractivity contribution >= 4 is 17.7 Å². The lowest BCUT2D eigenvalue weighted by molar-refractivity contribution is 0.256. The molecule has 0 bridgehead atoms. The van der Waals surface area contributed by atoms with Gasteiger partial charge in [-0.05, 0) is 30.9 Å². The van der Waals surface area contributed by atoms with Gasteiger partial charge in [0.1, 0.15) is 0 Å². The maximum absolute atomic E-state index is 10.4. The van der Waals surface area contributed by atoms with Gasteiger partial charge in [0.2, 0.25) is 6.08 Å². The Hall–Kier alpha value is -1.11. The van der Waals surface area contributed by atoms with Crippen LogP contribution in [0.5, 0.6) is 0 Å². The van der Waals surface area contributed by atoms with Crippen LogP contribution in [0.4, 0.5) is 0 Å². The summed E-state index contributed by atoms with van der Waals surface area (Å²) in [6, 6.07) is 7.56. The summed E-state index contributed by atoms with van der Waals surface area (Å²) in [5.74, 6) is 0. The van der Waals surface area contributed by atoms with Crippen LogP contribution >= 0.6 is 11.6 Å².